The summed E-state index contributed by atoms with van der Waals surface area (Å²) in [6.07, 6.45) is 1.15. The van der Waals surface area contributed by atoms with E-state index < -0.39 is 4.92 Å². The number of benzene rings is 1. The van der Waals surface area contributed by atoms with Gasteiger partial charge in [-0.2, -0.15) is 0 Å². The number of hydrogen-bond acceptors (Lipinski definition) is 6. The first kappa shape index (κ1) is 18.9. The van der Waals surface area contributed by atoms with Crippen molar-refractivity contribution >= 4 is 23.3 Å². The molecule has 1 aromatic rings. The first-order valence-corrected chi connectivity index (χ1v) is 8.27. The molecular formula is C17H23N3O5. The quantitative estimate of drug-likeness (QED) is 0.479. The van der Waals surface area contributed by atoms with Crippen molar-refractivity contribution in [2.75, 3.05) is 25.5 Å². The summed E-state index contributed by atoms with van der Waals surface area (Å²) in [5, 5.41) is 14.1. The summed E-state index contributed by atoms with van der Waals surface area (Å²) in [6.45, 7) is 4.75. The number of nitro groups is 1. The average Bonchev–Trinajstić information content (AvgIpc) is 2.53. The number of aryl methyl sites for hydroxylation is 1. The number of carbonyl (C=O) groups excluding carboxylic acids is 2. The lowest BCUT2D eigenvalue weighted by Gasteiger charge is -2.29. The number of nitrogens with zero attached hydrogens (tertiary/aromatic N) is 2. The first-order valence-electron chi connectivity index (χ1n) is 8.27. The normalized spacial score (nSPS) is 13.9. The Labute approximate surface area is 146 Å². The predicted molar refractivity (Wildman–Crippen MR) is 92.4 cm³/mol. The molecule has 0 spiro atoms. The Kier molecular flexibility index (Phi) is 6.08. The van der Waals surface area contributed by atoms with Crippen molar-refractivity contribution in [3.8, 4) is 0 Å². The fraction of sp³-hybridized carbons (Fsp3) is 0.529. The summed E-state index contributed by atoms with van der Waals surface area (Å²) < 4.78 is 4.94. The van der Waals surface area contributed by atoms with Crippen LogP contribution < -0.4 is 5.32 Å². The van der Waals surface area contributed by atoms with Gasteiger partial charge in [-0.25, -0.2) is 0 Å². The topological polar surface area (TPSA) is 102 Å². The Morgan fingerprint density at radius 3 is 2.72 bits per heavy atom. The number of rotatable bonds is 6. The van der Waals surface area contributed by atoms with Crippen LogP contribution in [0.3, 0.4) is 0 Å². The second kappa shape index (κ2) is 8.06. The van der Waals surface area contributed by atoms with Crippen LogP contribution in [0.25, 0.3) is 0 Å². The average molecular weight is 349 g/mol. The molecule has 0 radical (unpaired) electrons. The number of amides is 1. The third-order valence-corrected chi connectivity index (χ3v) is 4.19. The predicted octanol–water partition coefficient (Wildman–Crippen LogP) is 2.04. The van der Waals surface area contributed by atoms with E-state index in [1.165, 1.54) is 13.0 Å². The summed E-state index contributed by atoms with van der Waals surface area (Å²) in [4.78, 5) is 36.3. The van der Waals surface area contributed by atoms with E-state index in [1.54, 1.807) is 6.92 Å². The minimum Gasteiger partial charge on any atom is -0.466 e. The highest BCUT2D eigenvalue weighted by atomic mass is 16.6. The second-order valence-electron chi connectivity index (χ2n) is 6.12. The van der Waals surface area contributed by atoms with Gasteiger partial charge in [0.05, 0.1) is 11.5 Å². The van der Waals surface area contributed by atoms with E-state index >= 15 is 0 Å². The second-order valence-corrected chi connectivity index (χ2v) is 6.12. The van der Waals surface area contributed by atoms with Gasteiger partial charge >= 0.3 is 5.97 Å². The molecule has 1 aliphatic heterocycles. The lowest BCUT2D eigenvalue weighted by atomic mass is 9.90. The third-order valence-electron chi connectivity index (χ3n) is 4.19. The molecule has 8 heteroatoms. The molecule has 1 heterocycles. The van der Waals surface area contributed by atoms with Crippen LogP contribution in [0.2, 0.25) is 0 Å². The number of nitrogens with one attached hydrogen (secondary N) is 1. The lowest BCUT2D eigenvalue weighted by molar-refractivity contribution is -0.384. The monoisotopic (exact) mass is 349 g/mol. The Morgan fingerprint density at radius 1 is 1.40 bits per heavy atom. The Morgan fingerprint density at radius 2 is 2.12 bits per heavy atom. The van der Waals surface area contributed by atoms with Crippen LogP contribution in [0.15, 0.2) is 6.07 Å². The van der Waals surface area contributed by atoms with Gasteiger partial charge in [0.25, 0.3) is 5.69 Å². The molecule has 2 rings (SSSR count). The molecule has 0 aliphatic carbocycles. The fourth-order valence-corrected chi connectivity index (χ4v) is 3.10. The van der Waals surface area contributed by atoms with E-state index in [0.29, 0.717) is 26.0 Å². The molecule has 0 saturated heterocycles. The van der Waals surface area contributed by atoms with Gasteiger partial charge in [0.1, 0.15) is 5.69 Å². The Balaban J connectivity index is 2.48. The van der Waals surface area contributed by atoms with Crippen LogP contribution in [-0.2, 0) is 33.7 Å². The molecule has 1 amide bonds. The smallest absolute Gasteiger partial charge is 0.306 e. The van der Waals surface area contributed by atoms with Crippen LogP contribution in [0, 0.1) is 10.1 Å². The van der Waals surface area contributed by atoms with E-state index in [2.05, 4.69) is 10.2 Å². The van der Waals surface area contributed by atoms with E-state index in [9.17, 15) is 19.7 Å². The maximum absolute atomic E-state index is 11.7. The van der Waals surface area contributed by atoms with Crippen LogP contribution in [-0.4, -0.2) is 41.9 Å². The lowest BCUT2D eigenvalue weighted by Crippen LogP contribution is -2.29. The number of ether oxygens (including phenoxy) is 1. The molecular weight excluding hydrogens is 326 g/mol. The number of fused-ring (bicyclic) bond motifs is 1. The molecule has 0 bridgehead atoms. The summed E-state index contributed by atoms with van der Waals surface area (Å²) in [6, 6.07) is 1.47. The zero-order valence-corrected chi connectivity index (χ0v) is 14.8. The molecule has 0 saturated carbocycles. The number of likely N-dealkylation sites (N-methyl/N-ethyl adjacent to an activating group) is 1. The summed E-state index contributed by atoms with van der Waals surface area (Å²) >= 11 is 0. The number of nitro benzene ring substituents is 1. The maximum Gasteiger partial charge on any atom is 0.306 e. The van der Waals surface area contributed by atoms with Gasteiger partial charge in [-0.05, 0) is 43.5 Å². The highest BCUT2D eigenvalue weighted by molar-refractivity contribution is 5.93. The Bertz CT molecular complexity index is 702. The summed E-state index contributed by atoms with van der Waals surface area (Å²) in [5.41, 5.74) is 2.65. The number of anilines is 1. The van der Waals surface area contributed by atoms with Crippen LogP contribution in [0.1, 0.15) is 37.0 Å². The van der Waals surface area contributed by atoms with Crippen molar-refractivity contribution < 1.29 is 19.2 Å². The van der Waals surface area contributed by atoms with Gasteiger partial charge in [-0.15, -0.1) is 0 Å². The van der Waals surface area contributed by atoms with E-state index in [4.69, 9.17) is 4.74 Å². The van der Waals surface area contributed by atoms with Crippen molar-refractivity contribution in [3.05, 3.63) is 32.9 Å². The van der Waals surface area contributed by atoms with Gasteiger partial charge in [0.2, 0.25) is 5.91 Å². The van der Waals surface area contributed by atoms with Crippen molar-refractivity contribution in [2.45, 2.75) is 39.7 Å². The first-order chi connectivity index (χ1) is 11.8. The third kappa shape index (κ3) is 4.54. The van der Waals surface area contributed by atoms with Crippen LogP contribution in [0.4, 0.5) is 11.4 Å². The molecule has 0 unspecified atom stereocenters. The largest absolute Gasteiger partial charge is 0.466 e. The molecule has 136 valence electrons. The van der Waals surface area contributed by atoms with E-state index in [-0.39, 0.29) is 29.7 Å². The standard InChI is InChI=1S/C17H23N3O5/c1-4-25-16(22)6-5-12-9-15(20(23)24)17(18-11(2)21)13-7-8-19(3)10-14(12)13/h9H,4-8,10H2,1-3H3,(H,18,21). The highest BCUT2D eigenvalue weighted by Gasteiger charge is 2.28. The Hall–Kier alpha value is -2.48. The molecule has 1 aliphatic rings. The fourth-order valence-electron chi connectivity index (χ4n) is 3.10. The molecule has 0 aromatic heterocycles. The minimum absolute atomic E-state index is 0.127. The van der Waals surface area contributed by atoms with Crippen LogP contribution >= 0.6 is 0 Å². The van der Waals surface area contributed by atoms with Crippen molar-refractivity contribution in [1.82, 2.24) is 4.90 Å². The molecule has 25 heavy (non-hydrogen) atoms. The number of hydrogen-bond donors (Lipinski definition) is 1. The maximum atomic E-state index is 11.7. The van der Waals surface area contributed by atoms with Crippen molar-refractivity contribution in [3.63, 3.8) is 0 Å². The van der Waals surface area contributed by atoms with Crippen LogP contribution in [0.5, 0.6) is 0 Å². The zero-order valence-electron chi connectivity index (χ0n) is 14.8. The molecule has 8 nitrogen and oxygen atoms in total. The molecule has 0 fully saturated rings. The molecule has 1 aromatic carbocycles. The number of carbonyl (C=O) groups is 2. The van der Waals surface area contributed by atoms with E-state index in [1.807, 2.05) is 7.05 Å². The summed E-state index contributed by atoms with van der Waals surface area (Å²) in [5.74, 6) is -0.669. The van der Waals surface area contributed by atoms with Gasteiger partial charge < -0.3 is 15.0 Å². The van der Waals surface area contributed by atoms with Crippen molar-refractivity contribution in [1.29, 1.82) is 0 Å². The molecule has 0 atom stereocenters. The summed E-state index contributed by atoms with van der Waals surface area (Å²) in [7, 11) is 1.97. The number of esters is 1. The van der Waals surface area contributed by atoms with Gasteiger partial charge in [-0.1, -0.05) is 0 Å². The highest BCUT2D eigenvalue weighted by Crippen LogP contribution is 2.37. The van der Waals surface area contributed by atoms with Gasteiger partial charge in [-0.3, -0.25) is 19.7 Å². The van der Waals surface area contributed by atoms with Crippen molar-refractivity contribution in [2.24, 2.45) is 0 Å². The minimum atomic E-state index is -0.488. The molecule has 1 N–H and O–H groups in total. The van der Waals surface area contributed by atoms with Gasteiger partial charge in [0.15, 0.2) is 0 Å². The van der Waals surface area contributed by atoms with Gasteiger partial charge in [0, 0.05) is 32.5 Å². The van der Waals surface area contributed by atoms with E-state index in [0.717, 1.165) is 23.2 Å². The SMILES string of the molecule is CCOC(=O)CCc1cc([N+](=O)[O-])c(NC(C)=O)c2c1CN(C)CC2. The zero-order chi connectivity index (χ0) is 18.6.